The highest BCUT2D eigenvalue weighted by Gasteiger charge is 2.15. The quantitative estimate of drug-likeness (QED) is 0.665. The molecule has 1 aromatic carbocycles. The molecule has 118 valence electrons. The first kappa shape index (κ1) is 17.6. The summed E-state index contributed by atoms with van der Waals surface area (Å²) < 4.78 is 5.08. The van der Waals surface area contributed by atoms with Crippen LogP contribution in [0.5, 0.6) is 5.75 Å². The minimum atomic E-state index is -0.552. The van der Waals surface area contributed by atoms with Gasteiger partial charge in [-0.2, -0.15) is 0 Å². The normalized spacial score (nSPS) is 10.4. The molecule has 0 saturated carbocycles. The zero-order valence-corrected chi connectivity index (χ0v) is 13.3. The van der Waals surface area contributed by atoms with Gasteiger partial charge in [0.1, 0.15) is 11.4 Å². The van der Waals surface area contributed by atoms with Crippen LogP contribution >= 0.6 is 0 Å². The van der Waals surface area contributed by atoms with Crippen molar-refractivity contribution in [3.05, 3.63) is 29.3 Å². The maximum Gasteiger partial charge on any atom is 0.408 e. The van der Waals surface area contributed by atoms with Crippen molar-refractivity contribution < 1.29 is 19.4 Å². The van der Waals surface area contributed by atoms with Crippen LogP contribution in [0.15, 0.2) is 18.2 Å². The number of aromatic hydroxyl groups is 1. The predicted molar refractivity (Wildman–Crippen MR) is 83.8 cm³/mol. The molecule has 5 heteroatoms. The number of benzene rings is 1. The standard InChI is InChI=1S/C17H21NO4/c1-5-14(19)13-11-12(8-9-15(13)20)7-6-10-18-16(21)22-17(2,3)4/h8-9,11,20H,5,10H2,1-4H3,(H,18,21). The van der Waals surface area contributed by atoms with Gasteiger partial charge in [-0.1, -0.05) is 18.8 Å². The van der Waals surface area contributed by atoms with Crippen LogP contribution < -0.4 is 5.32 Å². The summed E-state index contributed by atoms with van der Waals surface area (Å²) in [6.07, 6.45) is -0.223. The van der Waals surface area contributed by atoms with Crippen LogP contribution in [0.1, 0.15) is 50.0 Å². The van der Waals surface area contributed by atoms with E-state index in [9.17, 15) is 14.7 Å². The van der Waals surface area contributed by atoms with E-state index in [4.69, 9.17) is 4.74 Å². The number of hydrogen-bond acceptors (Lipinski definition) is 4. The Morgan fingerprint density at radius 3 is 2.59 bits per heavy atom. The summed E-state index contributed by atoms with van der Waals surface area (Å²) in [5.41, 5.74) is 0.305. The molecule has 0 spiro atoms. The van der Waals surface area contributed by atoms with Crippen molar-refractivity contribution in [2.45, 2.75) is 39.7 Å². The van der Waals surface area contributed by atoms with Gasteiger partial charge in [-0.25, -0.2) is 4.79 Å². The molecule has 0 unspecified atom stereocenters. The molecule has 0 saturated heterocycles. The summed E-state index contributed by atoms with van der Waals surface area (Å²) in [5, 5.41) is 12.2. The molecule has 0 fully saturated rings. The minimum Gasteiger partial charge on any atom is -0.507 e. The van der Waals surface area contributed by atoms with Gasteiger partial charge in [0.05, 0.1) is 12.1 Å². The molecule has 0 bridgehead atoms. The SMILES string of the molecule is CCC(=O)c1cc(C#CCNC(=O)OC(C)(C)C)ccc1O. The van der Waals surface area contributed by atoms with Crippen LogP contribution in [0.4, 0.5) is 4.79 Å². The number of rotatable bonds is 3. The van der Waals surface area contributed by atoms with Crippen LogP contribution in [0, 0.1) is 11.8 Å². The molecule has 0 aliphatic rings. The van der Waals surface area contributed by atoms with Gasteiger partial charge in [0.25, 0.3) is 0 Å². The number of Topliss-reactive ketones (excluding diaryl/α,β-unsaturated/α-hetero) is 1. The Balaban J connectivity index is 2.66. The van der Waals surface area contributed by atoms with Gasteiger partial charge in [-0.05, 0) is 39.0 Å². The molecule has 2 N–H and O–H groups in total. The van der Waals surface area contributed by atoms with Gasteiger partial charge in [0, 0.05) is 12.0 Å². The molecule has 1 aromatic rings. The zero-order chi connectivity index (χ0) is 16.8. The number of hydrogen-bond donors (Lipinski definition) is 2. The van der Waals surface area contributed by atoms with E-state index in [1.807, 2.05) is 0 Å². The molecular weight excluding hydrogens is 282 g/mol. The summed E-state index contributed by atoms with van der Waals surface area (Å²) >= 11 is 0. The molecule has 0 radical (unpaired) electrons. The zero-order valence-electron chi connectivity index (χ0n) is 13.3. The topological polar surface area (TPSA) is 75.6 Å². The maximum absolute atomic E-state index is 11.7. The molecule has 0 aliphatic carbocycles. The second-order valence-electron chi connectivity index (χ2n) is 5.67. The van der Waals surface area contributed by atoms with Crippen molar-refractivity contribution >= 4 is 11.9 Å². The highest BCUT2D eigenvalue weighted by Crippen LogP contribution is 2.19. The first-order valence-electron chi connectivity index (χ1n) is 7.05. The van der Waals surface area contributed by atoms with Gasteiger partial charge in [0.2, 0.25) is 0 Å². The Kier molecular flexibility index (Phi) is 6.00. The first-order valence-corrected chi connectivity index (χ1v) is 7.05. The Labute approximate surface area is 130 Å². The lowest BCUT2D eigenvalue weighted by Gasteiger charge is -2.18. The van der Waals surface area contributed by atoms with Gasteiger partial charge in [-0.15, -0.1) is 0 Å². The smallest absolute Gasteiger partial charge is 0.408 e. The van der Waals surface area contributed by atoms with Crippen LogP contribution in [-0.4, -0.2) is 29.1 Å². The van der Waals surface area contributed by atoms with Crippen LogP contribution in [0.3, 0.4) is 0 Å². The van der Waals surface area contributed by atoms with E-state index in [2.05, 4.69) is 17.2 Å². The fraction of sp³-hybridized carbons (Fsp3) is 0.412. The summed E-state index contributed by atoms with van der Waals surface area (Å²) in [4.78, 5) is 23.1. The van der Waals surface area contributed by atoms with Gasteiger partial charge in [0.15, 0.2) is 5.78 Å². The molecule has 0 aromatic heterocycles. The number of ketones is 1. The highest BCUT2D eigenvalue weighted by molar-refractivity contribution is 5.98. The van der Waals surface area contributed by atoms with Crippen LogP contribution in [0.2, 0.25) is 0 Å². The Bertz CT molecular complexity index is 618. The third-order valence-corrected chi connectivity index (χ3v) is 2.57. The Morgan fingerprint density at radius 1 is 1.32 bits per heavy atom. The number of phenolic OH excluding ortho intramolecular Hbond substituents is 1. The number of nitrogens with one attached hydrogen (secondary N) is 1. The molecule has 0 aliphatic heterocycles. The third-order valence-electron chi connectivity index (χ3n) is 2.57. The molecule has 0 heterocycles. The number of amides is 1. The van der Waals surface area contributed by atoms with Crippen molar-refractivity contribution in [1.82, 2.24) is 5.32 Å². The van der Waals surface area contributed by atoms with Gasteiger partial charge < -0.3 is 15.2 Å². The van der Waals surface area contributed by atoms with Crippen molar-refractivity contribution in [2.75, 3.05) is 6.54 Å². The summed E-state index contributed by atoms with van der Waals surface area (Å²) in [5.74, 6) is 5.40. The molecule has 0 atom stereocenters. The molecule has 1 rings (SSSR count). The predicted octanol–water partition coefficient (Wildman–Crippen LogP) is 2.86. The highest BCUT2D eigenvalue weighted by atomic mass is 16.6. The number of phenols is 1. The van der Waals surface area contributed by atoms with Gasteiger partial charge in [-0.3, -0.25) is 4.79 Å². The van der Waals surface area contributed by atoms with Crippen molar-refractivity contribution in [3.8, 4) is 17.6 Å². The van der Waals surface area contributed by atoms with Crippen LogP contribution in [0.25, 0.3) is 0 Å². The molecule has 22 heavy (non-hydrogen) atoms. The van der Waals surface area contributed by atoms with E-state index >= 15 is 0 Å². The lowest BCUT2D eigenvalue weighted by atomic mass is 10.0. The third kappa shape index (κ3) is 5.88. The average molecular weight is 303 g/mol. The summed E-state index contributed by atoms with van der Waals surface area (Å²) in [7, 11) is 0. The van der Waals surface area contributed by atoms with E-state index in [1.54, 1.807) is 39.8 Å². The molecule has 1 amide bonds. The van der Waals surface area contributed by atoms with Crippen molar-refractivity contribution in [3.63, 3.8) is 0 Å². The van der Waals surface area contributed by atoms with Crippen LogP contribution in [-0.2, 0) is 4.74 Å². The fourth-order valence-electron chi connectivity index (χ4n) is 1.60. The van der Waals surface area contributed by atoms with E-state index in [-0.39, 0.29) is 23.6 Å². The van der Waals surface area contributed by atoms with Gasteiger partial charge >= 0.3 is 6.09 Å². The Hall–Kier alpha value is -2.48. The number of carbonyl (C=O) groups is 2. The number of alkyl carbamates (subject to hydrolysis) is 1. The lowest BCUT2D eigenvalue weighted by molar-refractivity contribution is 0.0535. The fourth-order valence-corrected chi connectivity index (χ4v) is 1.60. The van der Waals surface area contributed by atoms with Crippen molar-refractivity contribution in [2.24, 2.45) is 0 Å². The second-order valence-corrected chi connectivity index (χ2v) is 5.67. The number of carbonyl (C=O) groups excluding carboxylic acids is 2. The van der Waals surface area contributed by atoms with E-state index < -0.39 is 11.7 Å². The Morgan fingerprint density at radius 2 is 2.00 bits per heavy atom. The monoisotopic (exact) mass is 303 g/mol. The largest absolute Gasteiger partial charge is 0.507 e. The van der Waals surface area contributed by atoms with E-state index in [1.165, 1.54) is 6.07 Å². The second kappa shape index (κ2) is 7.51. The maximum atomic E-state index is 11.7. The van der Waals surface area contributed by atoms with E-state index in [0.29, 0.717) is 12.0 Å². The first-order chi connectivity index (χ1) is 10.2. The molecular formula is C17H21NO4. The summed E-state index contributed by atoms with van der Waals surface area (Å²) in [6, 6.07) is 4.60. The number of ether oxygens (including phenoxy) is 1. The average Bonchev–Trinajstić information content (AvgIpc) is 2.42. The molecule has 5 nitrogen and oxygen atoms in total. The van der Waals surface area contributed by atoms with Crippen molar-refractivity contribution in [1.29, 1.82) is 0 Å². The van der Waals surface area contributed by atoms with E-state index in [0.717, 1.165) is 0 Å². The minimum absolute atomic E-state index is 0.0516. The summed E-state index contributed by atoms with van der Waals surface area (Å²) in [6.45, 7) is 7.20. The lowest BCUT2D eigenvalue weighted by Crippen LogP contribution is -2.32.